The lowest BCUT2D eigenvalue weighted by Gasteiger charge is -2.32. The molecular formula is C26H16Cl2F4N6O3. The van der Waals surface area contributed by atoms with Crippen LogP contribution < -0.4 is 4.90 Å². The van der Waals surface area contributed by atoms with Gasteiger partial charge >= 0.3 is 0 Å². The Labute approximate surface area is 239 Å². The van der Waals surface area contributed by atoms with Crippen molar-refractivity contribution in [3.63, 3.8) is 0 Å². The Morgan fingerprint density at radius 3 is 2.00 bits per heavy atom. The highest BCUT2D eigenvalue weighted by Crippen LogP contribution is 2.43. The molecule has 0 N–H and O–H groups in total. The number of carbonyl (C=O) groups excluding carboxylic acids is 2. The molecule has 0 spiro atoms. The smallest absolute Gasteiger partial charge is 0.271 e. The number of alkyl halides is 2. The SMILES string of the molecule is O=C(c1cnc(Cl)nc1)N(C(=O)c1cnc(Cl)nc1)c1c(-c2cc(F)ccc2F)ccnc1C1CCC(F)(F)CO1. The molecule has 1 unspecified atom stereocenters. The van der Waals surface area contributed by atoms with Crippen molar-refractivity contribution >= 4 is 40.7 Å². The van der Waals surface area contributed by atoms with E-state index in [2.05, 4.69) is 24.9 Å². The zero-order valence-electron chi connectivity index (χ0n) is 20.6. The summed E-state index contributed by atoms with van der Waals surface area (Å²) in [6.45, 7) is -0.963. The first kappa shape index (κ1) is 28.5. The van der Waals surface area contributed by atoms with Crippen LogP contribution in [0.5, 0.6) is 0 Å². The number of rotatable bonds is 5. The van der Waals surface area contributed by atoms with Gasteiger partial charge in [0, 0.05) is 48.5 Å². The summed E-state index contributed by atoms with van der Waals surface area (Å²) in [4.78, 5) is 47.9. The van der Waals surface area contributed by atoms with Gasteiger partial charge in [-0.05, 0) is 53.9 Å². The summed E-state index contributed by atoms with van der Waals surface area (Å²) in [5.74, 6) is -6.90. The highest BCUT2D eigenvalue weighted by atomic mass is 35.5. The third kappa shape index (κ3) is 6.01. The van der Waals surface area contributed by atoms with Gasteiger partial charge in [0.2, 0.25) is 10.6 Å². The zero-order valence-corrected chi connectivity index (χ0v) is 22.1. The molecular weight excluding hydrogens is 591 g/mol. The quantitative estimate of drug-likeness (QED) is 0.157. The molecule has 41 heavy (non-hydrogen) atoms. The second kappa shape index (κ2) is 11.4. The Bertz CT molecular complexity index is 1560. The molecule has 0 aliphatic carbocycles. The lowest BCUT2D eigenvalue weighted by atomic mass is 9.96. The third-order valence-corrected chi connectivity index (χ3v) is 6.50. The number of halogens is 6. The summed E-state index contributed by atoms with van der Waals surface area (Å²) in [6.07, 6.45) is 3.41. The average molecular weight is 607 g/mol. The van der Waals surface area contributed by atoms with Crippen molar-refractivity contribution in [1.29, 1.82) is 0 Å². The van der Waals surface area contributed by atoms with Crippen LogP contribution in [0.25, 0.3) is 11.1 Å². The molecule has 5 rings (SSSR count). The van der Waals surface area contributed by atoms with E-state index >= 15 is 4.39 Å². The molecule has 210 valence electrons. The fourth-order valence-electron chi connectivity index (χ4n) is 4.20. The number of anilines is 1. The Morgan fingerprint density at radius 2 is 1.46 bits per heavy atom. The number of imide groups is 1. The van der Waals surface area contributed by atoms with Crippen LogP contribution in [-0.2, 0) is 4.74 Å². The average Bonchev–Trinajstić information content (AvgIpc) is 2.95. The van der Waals surface area contributed by atoms with E-state index in [9.17, 15) is 22.8 Å². The normalized spacial score (nSPS) is 16.3. The number of carbonyl (C=O) groups is 2. The molecule has 0 radical (unpaired) electrons. The highest BCUT2D eigenvalue weighted by molar-refractivity contribution is 6.29. The number of benzene rings is 1. The summed E-state index contributed by atoms with van der Waals surface area (Å²) < 4.78 is 62.8. The van der Waals surface area contributed by atoms with Gasteiger partial charge in [0.05, 0.1) is 22.5 Å². The van der Waals surface area contributed by atoms with Crippen LogP contribution in [0.15, 0.2) is 55.2 Å². The van der Waals surface area contributed by atoms with E-state index in [0.717, 1.165) is 43.0 Å². The Morgan fingerprint density at radius 1 is 0.878 bits per heavy atom. The molecule has 0 bridgehead atoms. The second-order valence-electron chi connectivity index (χ2n) is 8.84. The van der Waals surface area contributed by atoms with E-state index in [0.29, 0.717) is 4.90 Å². The number of aromatic nitrogens is 5. The molecule has 1 aromatic carbocycles. The van der Waals surface area contributed by atoms with Gasteiger partial charge < -0.3 is 4.74 Å². The summed E-state index contributed by atoms with van der Waals surface area (Å²) in [7, 11) is 0. The van der Waals surface area contributed by atoms with E-state index in [1.54, 1.807) is 0 Å². The Kier molecular flexibility index (Phi) is 7.93. The number of pyridine rings is 1. The van der Waals surface area contributed by atoms with Crippen LogP contribution >= 0.6 is 23.2 Å². The van der Waals surface area contributed by atoms with Crippen molar-refractivity contribution in [2.45, 2.75) is 24.9 Å². The molecule has 0 saturated carbocycles. The van der Waals surface area contributed by atoms with Crippen molar-refractivity contribution in [1.82, 2.24) is 24.9 Å². The van der Waals surface area contributed by atoms with Crippen LogP contribution in [0.4, 0.5) is 23.2 Å². The molecule has 3 aromatic heterocycles. The largest absolute Gasteiger partial charge is 0.366 e. The molecule has 15 heteroatoms. The molecule has 1 atom stereocenters. The molecule has 1 saturated heterocycles. The second-order valence-corrected chi connectivity index (χ2v) is 9.51. The van der Waals surface area contributed by atoms with Crippen molar-refractivity contribution < 1.29 is 31.9 Å². The van der Waals surface area contributed by atoms with Crippen LogP contribution in [0.2, 0.25) is 10.6 Å². The third-order valence-electron chi connectivity index (χ3n) is 6.11. The molecule has 4 heterocycles. The zero-order chi connectivity index (χ0) is 29.3. The number of hydrogen-bond donors (Lipinski definition) is 0. The van der Waals surface area contributed by atoms with Crippen LogP contribution in [0.3, 0.4) is 0 Å². The van der Waals surface area contributed by atoms with E-state index in [1.807, 2.05) is 0 Å². The molecule has 1 fully saturated rings. The molecule has 4 aromatic rings. The first-order valence-corrected chi connectivity index (χ1v) is 12.6. The maximum Gasteiger partial charge on any atom is 0.271 e. The van der Waals surface area contributed by atoms with Gasteiger partial charge in [-0.15, -0.1) is 0 Å². The highest BCUT2D eigenvalue weighted by Gasteiger charge is 2.40. The van der Waals surface area contributed by atoms with Crippen molar-refractivity contribution in [3.05, 3.63) is 94.3 Å². The molecule has 9 nitrogen and oxygen atoms in total. The summed E-state index contributed by atoms with van der Waals surface area (Å²) in [6, 6.07) is 3.85. The Hall–Kier alpha value is -4.07. The molecule has 1 aliphatic heterocycles. The fourth-order valence-corrected chi connectivity index (χ4v) is 4.39. The minimum Gasteiger partial charge on any atom is -0.366 e. The van der Waals surface area contributed by atoms with Crippen molar-refractivity contribution in [3.8, 4) is 11.1 Å². The van der Waals surface area contributed by atoms with Crippen LogP contribution in [0.1, 0.15) is 45.4 Å². The van der Waals surface area contributed by atoms with E-state index in [-0.39, 0.29) is 50.6 Å². The van der Waals surface area contributed by atoms with Gasteiger partial charge in [0.15, 0.2) is 0 Å². The van der Waals surface area contributed by atoms with E-state index in [4.69, 9.17) is 27.9 Å². The fraction of sp³-hybridized carbons (Fsp3) is 0.192. The number of ether oxygens (including phenoxy) is 1. The maximum atomic E-state index is 15.1. The van der Waals surface area contributed by atoms with Gasteiger partial charge in [-0.2, -0.15) is 0 Å². The minimum absolute atomic E-state index is 0.145. The lowest BCUT2D eigenvalue weighted by molar-refractivity contribution is -0.146. The first-order chi connectivity index (χ1) is 19.5. The van der Waals surface area contributed by atoms with Crippen molar-refractivity contribution in [2.75, 3.05) is 11.5 Å². The summed E-state index contributed by atoms with van der Waals surface area (Å²) in [5, 5.41) is -0.377. The van der Waals surface area contributed by atoms with Gasteiger partial charge in [0.1, 0.15) is 24.3 Å². The topological polar surface area (TPSA) is 111 Å². The molecule has 2 amide bonds. The standard InChI is InChI=1S/C26H16Cl2F4N6O3/c27-24-34-8-13(9-35-24)22(39)38(23(40)14-10-36-25(28)37-11-14)21-16(17-7-15(29)1-2-18(17)30)4-6-33-20(21)19-3-5-26(31,32)12-41-19/h1-2,4,6-11,19H,3,5,12H2. The first-order valence-electron chi connectivity index (χ1n) is 11.8. The van der Waals surface area contributed by atoms with Gasteiger partial charge in [0.25, 0.3) is 17.7 Å². The number of nitrogens with zero attached hydrogens (tertiary/aromatic N) is 6. The maximum absolute atomic E-state index is 15.1. The van der Waals surface area contributed by atoms with Crippen LogP contribution in [0, 0.1) is 11.6 Å². The predicted molar refractivity (Wildman–Crippen MR) is 138 cm³/mol. The van der Waals surface area contributed by atoms with Gasteiger partial charge in [-0.3, -0.25) is 14.6 Å². The predicted octanol–water partition coefficient (Wildman–Crippen LogP) is 5.89. The van der Waals surface area contributed by atoms with Gasteiger partial charge in [-0.25, -0.2) is 42.4 Å². The monoisotopic (exact) mass is 606 g/mol. The lowest BCUT2D eigenvalue weighted by Crippen LogP contribution is -2.39. The van der Waals surface area contributed by atoms with E-state index < -0.39 is 48.5 Å². The Balaban J connectivity index is 1.77. The van der Waals surface area contributed by atoms with Gasteiger partial charge in [-0.1, -0.05) is 0 Å². The number of hydrogen-bond acceptors (Lipinski definition) is 8. The minimum atomic E-state index is -3.12. The van der Waals surface area contributed by atoms with E-state index in [1.165, 1.54) is 12.3 Å². The molecule has 1 aliphatic rings. The summed E-state index contributed by atoms with van der Waals surface area (Å²) >= 11 is 11.5. The summed E-state index contributed by atoms with van der Waals surface area (Å²) in [5.41, 5.74) is -1.43. The van der Waals surface area contributed by atoms with Crippen molar-refractivity contribution in [2.24, 2.45) is 0 Å². The number of amides is 2. The van der Waals surface area contributed by atoms with Crippen LogP contribution in [-0.4, -0.2) is 49.3 Å².